The van der Waals surface area contributed by atoms with Gasteiger partial charge in [0.2, 0.25) is 5.91 Å². The molecule has 0 saturated carbocycles. The lowest BCUT2D eigenvalue weighted by atomic mass is 10.1. The highest BCUT2D eigenvalue weighted by molar-refractivity contribution is 6.35. The molecule has 0 fully saturated rings. The summed E-state index contributed by atoms with van der Waals surface area (Å²) in [6, 6.07) is 8.82. The molecule has 0 aliphatic rings. The monoisotopic (exact) mass is 423 g/mol. The first kappa shape index (κ1) is 21.7. The Morgan fingerprint density at radius 1 is 1.18 bits per heavy atom. The number of nitro benzene ring substituents is 1. The minimum absolute atomic E-state index is 0.0630. The van der Waals surface area contributed by atoms with Crippen molar-refractivity contribution in [2.75, 3.05) is 18.4 Å². The number of aryl methyl sites for hydroxylation is 1. The Kier molecular flexibility index (Phi) is 7.37. The van der Waals surface area contributed by atoms with Gasteiger partial charge in [-0.15, -0.1) is 0 Å². The lowest BCUT2D eigenvalue weighted by Crippen LogP contribution is -2.38. The highest BCUT2D eigenvalue weighted by Crippen LogP contribution is 2.25. The number of halogens is 2. The number of hydrogen-bond acceptors (Lipinski definition) is 4. The van der Waals surface area contributed by atoms with Gasteiger partial charge in [-0.25, -0.2) is 0 Å². The van der Waals surface area contributed by atoms with Crippen LogP contribution in [0.4, 0.5) is 11.4 Å². The molecule has 148 valence electrons. The molecular formula is C19H19Cl2N3O4. The minimum Gasteiger partial charge on any atom is -0.329 e. The summed E-state index contributed by atoms with van der Waals surface area (Å²) in [6.45, 7) is 3.61. The van der Waals surface area contributed by atoms with Gasteiger partial charge in [-0.3, -0.25) is 19.7 Å². The third-order valence-electron chi connectivity index (χ3n) is 3.96. The van der Waals surface area contributed by atoms with Crippen LogP contribution in [0, 0.1) is 17.0 Å². The molecule has 2 aromatic carbocycles. The summed E-state index contributed by atoms with van der Waals surface area (Å²) in [5.41, 5.74) is 0.953. The molecule has 2 rings (SSSR count). The first-order chi connectivity index (χ1) is 13.2. The zero-order chi connectivity index (χ0) is 20.8. The molecule has 0 spiro atoms. The fraction of sp³-hybridized carbons (Fsp3) is 0.263. The summed E-state index contributed by atoms with van der Waals surface area (Å²) in [6.07, 6.45) is 0.642. The summed E-state index contributed by atoms with van der Waals surface area (Å²) >= 11 is 12.0. The van der Waals surface area contributed by atoms with Gasteiger partial charge in [0.25, 0.3) is 11.6 Å². The van der Waals surface area contributed by atoms with Crippen molar-refractivity contribution in [3.8, 4) is 0 Å². The first-order valence-corrected chi connectivity index (χ1v) is 9.27. The fourth-order valence-electron chi connectivity index (χ4n) is 2.65. The van der Waals surface area contributed by atoms with Crippen molar-refractivity contribution in [1.82, 2.24) is 4.90 Å². The van der Waals surface area contributed by atoms with Crippen LogP contribution in [0.1, 0.15) is 29.3 Å². The average molecular weight is 424 g/mol. The number of hydrogen-bond donors (Lipinski definition) is 1. The molecular weight excluding hydrogens is 405 g/mol. The molecule has 0 heterocycles. The van der Waals surface area contributed by atoms with Crippen LogP contribution in [0.25, 0.3) is 0 Å². The van der Waals surface area contributed by atoms with Gasteiger partial charge in [0.15, 0.2) is 0 Å². The average Bonchev–Trinajstić information content (AvgIpc) is 2.63. The van der Waals surface area contributed by atoms with Crippen LogP contribution in [0.15, 0.2) is 36.4 Å². The van der Waals surface area contributed by atoms with Gasteiger partial charge in [-0.1, -0.05) is 30.1 Å². The third-order valence-corrected chi connectivity index (χ3v) is 4.52. The van der Waals surface area contributed by atoms with Crippen molar-refractivity contribution >= 4 is 46.4 Å². The molecule has 28 heavy (non-hydrogen) atoms. The van der Waals surface area contributed by atoms with Gasteiger partial charge in [0.05, 0.1) is 15.6 Å². The molecule has 0 aliphatic heterocycles. The van der Waals surface area contributed by atoms with Crippen LogP contribution in [-0.4, -0.2) is 34.7 Å². The van der Waals surface area contributed by atoms with E-state index in [1.807, 2.05) is 6.92 Å². The van der Waals surface area contributed by atoms with E-state index in [9.17, 15) is 19.7 Å². The lowest BCUT2D eigenvalue weighted by molar-refractivity contribution is -0.385. The molecule has 9 heteroatoms. The van der Waals surface area contributed by atoms with E-state index in [0.29, 0.717) is 34.3 Å². The second-order valence-corrected chi connectivity index (χ2v) is 7.00. The number of benzene rings is 2. The van der Waals surface area contributed by atoms with E-state index in [1.165, 1.54) is 29.2 Å². The summed E-state index contributed by atoms with van der Waals surface area (Å²) in [5, 5.41) is 14.3. The number of nitro groups is 1. The molecule has 0 atom stereocenters. The van der Waals surface area contributed by atoms with Crippen LogP contribution < -0.4 is 5.32 Å². The van der Waals surface area contributed by atoms with Crippen molar-refractivity contribution in [1.29, 1.82) is 0 Å². The van der Waals surface area contributed by atoms with Crippen LogP contribution in [0.2, 0.25) is 10.0 Å². The van der Waals surface area contributed by atoms with Crippen molar-refractivity contribution in [3.05, 3.63) is 67.7 Å². The van der Waals surface area contributed by atoms with E-state index < -0.39 is 10.8 Å². The van der Waals surface area contributed by atoms with Gasteiger partial charge in [0, 0.05) is 28.8 Å². The minimum atomic E-state index is -0.504. The van der Waals surface area contributed by atoms with Gasteiger partial charge in [0.1, 0.15) is 6.54 Å². The van der Waals surface area contributed by atoms with Gasteiger partial charge in [-0.2, -0.15) is 0 Å². The normalized spacial score (nSPS) is 10.4. The lowest BCUT2D eigenvalue weighted by Gasteiger charge is -2.22. The van der Waals surface area contributed by atoms with E-state index in [4.69, 9.17) is 23.2 Å². The van der Waals surface area contributed by atoms with E-state index in [0.717, 1.165) is 0 Å². The second kappa shape index (κ2) is 9.52. The zero-order valence-corrected chi connectivity index (χ0v) is 16.9. The molecule has 0 aromatic heterocycles. The topological polar surface area (TPSA) is 92.6 Å². The summed E-state index contributed by atoms with van der Waals surface area (Å²) in [7, 11) is 0. The predicted molar refractivity (Wildman–Crippen MR) is 109 cm³/mol. The molecule has 1 N–H and O–H groups in total. The smallest absolute Gasteiger partial charge is 0.272 e. The number of rotatable bonds is 7. The van der Waals surface area contributed by atoms with Crippen LogP contribution in [0.3, 0.4) is 0 Å². The second-order valence-electron chi connectivity index (χ2n) is 6.16. The van der Waals surface area contributed by atoms with Crippen molar-refractivity contribution in [2.45, 2.75) is 20.3 Å². The summed E-state index contributed by atoms with van der Waals surface area (Å²) < 4.78 is 0. The largest absolute Gasteiger partial charge is 0.329 e. The highest BCUT2D eigenvalue weighted by atomic mass is 35.5. The highest BCUT2D eigenvalue weighted by Gasteiger charge is 2.21. The maximum Gasteiger partial charge on any atom is 0.272 e. The predicted octanol–water partition coefficient (Wildman–Crippen LogP) is 4.70. The molecule has 7 nitrogen and oxygen atoms in total. The van der Waals surface area contributed by atoms with Crippen LogP contribution in [-0.2, 0) is 4.79 Å². The first-order valence-electron chi connectivity index (χ1n) is 8.52. The van der Waals surface area contributed by atoms with Crippen molar-refractivity contribution < 1.29 is 14.5 Å². The Labute approximate surface area is 172 Å². The summed E-state index contributed by atoms with van der Waals surface area (Å²) in [5.74, 6) is -0.809. The Hall–Kier alpha value is -2.64. The SMILES string of the molecule is CCCN(CC(=O)Nc1cc(Cl)ccc1Cl)C(=O)c1ccc([N+](=O)[O-])c(C)c1. The number of nitrogens with zero attached hydrogens (tertiary/aromatic N) is 2. The Balaban J connectivity index is 2.16. The van der Waals surface area contributed by atoms with Crippen LogP contribution >= 0.6 is 23.2 Å². The Morgan fingerprint density at radius 3 is 2.50 bits per heavy atom. The third kappa shape index (κ3) is 5.43. The number of anilines is 1. The molecule has 0 bridgehead atoms. The number of carbonyl (C=O) groups excluding carboxylic acids is 2. The zero-order valence-electron chi connectivity index (χ0n) is 15.4. The van der Waals surface area contributed by atoms with Crippen LogP contribution in [0.5, 0.6) is 0 Å². The van der Waals surface area contributed by atoms with Crippen molar-refractivity contribution in [3.63, 3.8) is 0 Å². The van der Waals surface area contributed by atoms with Crippen molar-refractivity contribution in [2.24, 2.45) is 0 Å². The molecule has 0 unspecified atom stereocenters. The quantitative estimate of drug-likeness (QED) is 0.515. The van der Waals surface area contributed by atoms with E-state index in [2.05, 4.69) is 5.32 Å². The van der Waals surface area contributed by atoms with Gasteiger partial charge in [-0.05, 0) is 43.7 Å². The maximum absolute atomic E-state index is 12.8. The molecule has 0 radical (unpaired) electrons. The molecule has 2 aromatic rings. The van der Waals surface area contributed by atoms with E-state index in [-0.39, 0.29) is 23.7 Å². The molecule has 2 amide bonds. The number of amides is 2. The Bertz CT molecular complexity index is 918. The number of nitrogens with one attached hydrogen (secondary N) is 1. The molecule has 0 saturated heterocycles. The number of carbonyl (C=O) groups is 2. The van der Waals surface area contributed by atoms with E-state index in [1.54, 1.807) is 19.1 Å². The van der Waals surface area contributed by atoms with Gasteiger partial charge >= 0.3 is 0 Å². The van der Waals surface area contributed by atoms with E-state index >= 15 is 0 Å². The maximum atomic E-state index is 12.8. The van der Waals surface area contributed by atoms with Gasteiger partial charge < -0.3 is 10.2 Å². The Morgan fingerprint density at radius 2 is 1.89 bits per heavy atom. The molecule has 0 aliphatic carbocycles. The fourth-order valence-corrected chi connectivity index (χ4v) is 2.99. The summed E-state index contributed by atoms with van der Waals surface area (Å²) in [4.78, 5) is 37.0. The standard InChI is InChI=1S/C19H19Cl2N3O4/c1-3-8-23(11-18(25)22-16-10-14(20)5-6-15(16)21)19(26)13-4-7-17(24(27)28)12(2)9-13/h4-7,9-10H,3,8,11H2,1-2H3,(H,22,25).